The molecule has 0 bridgehead atoms. The van der Waals surface area contributed by atoms with Crippen LogP contribution in [-0.4, -0.2) is 32.6 Å². The number of aliphatic hydroxyl groups excluding tert-OH is 1. The van der Waals surface area contributed by atoms with Crippen LogP contribution < -0.4 is 0 Å². The molecule has 1 fully saturated rings. The van der Waals surface area contributed by atoms with E-state index in [4.69, 9.17) is 12.2 Å². The van der Waals surface area contributed by atoms with E-state index in [2.05, 4.69) is 44.8 Å². The SMILES string of the molecule is OCc1c[nH]c(=S)n1C1CCCN(Cc2ccccc2)C1. The molecule has 0 radical (unpaired) electrons. The molecule has 21 heavy (non-hydrogen) atoms. The van der Waals surface area contributed by atoms with Gasteiger partial charge in [0.25, 0.3) is 0 Å². The van der Waals surface area contributed by atoms with Gasteiger partial charge in [-0.1, -0.05) is 30.3 Å². The number of nitrogens with one attached hydrogen (secondary N) is 1. The predicted octanol–water partition coefficient (Wildman–Crippen LogP) is 2.88. The van der Waals surface area contributed by atoms with Crippen LogP contribution in [-0.2, 0) is 13.2 Å². The molecular formula is C16H21N3OS. The molecule has 4 nitrogen and oxygen atoms in total. The van der Waals surface area contributed by atoms with Gasteiger partial charge in [0.2, 0.25) is 0 Å². The molecule has 1 saturated heterocycles. The maximum atomic E-state index is 9.46. The lowest BCUT2D eigenvalue weighted by atomic mass is 10.0. The van der Waals surface area contributed by atoms with Gasteiger partial charge in [0, 0.05) is 25.3 Å². The van der Waals surface area contributed by atoms with Crippen molar-refractivity contribution in [1.82, 2.24) is 14.5 Å². The second-order valence-corrected chi connectivity index (χ2v) is 6.02. The van der Waals surface area contributed by atoms with Crippen molar-refractivity contribution in [3.8, 4) is 0 Å². The summed E-state index contributed by atoms with van der Waals surface area (Å²) in [6.07, 6.45) is 4.10. The lowest BCUT2D eigenvalue weighted by molar-refractivity contribution is 0.163. The Bertz CT molecular complexity index is 634. The molecule has 3 rings (SSSR count). The predicted molar refractivity (Wildman–Crippen MR) is 85.5 cm³/mol. The Morgan fingerprint density at radius 3 is 2.86 bits per heavy atom. The van der Waals surface area contributed by atoms with E-state index in [1.54, 1.807) is 0 Å². The standard InChI is InChI=1S/C16H21N3OS/c20-12-15-9-17-16(21)19(15)14-7-4-8-18(11-14)10-13-5-2-1-3-6-13/h1-3,5-6,9,14,20H,4,7-8,10-12H2,(H,17,21). The number of piperidine rings is 1. The average molecular weight is 303 g/mol. The minimum atomic E-state index is 0.0301. The van der Waals surface area contributed by atoms with Gasteiger partial charge in [-0.25, -0.2) is 0 Å². The summed E-state index contributed by atoms with van der Waals surface area (Å²) in [5.41, 5.74) is 2.23. The largest absolute Gasteiger partial charge is 0.390 e. The van der Waals surface area contributed by atoms with Gasteiger partial charge in [0.05, 0.1) is 12.3 Å². The fourth-order valence-electron chi connectivity index (χ4n) is 3.16. The quantitative estimate of drug-likeness (QED) is 0.854. The number of aromatic amines is 1. The molecule has 1 unspecified atom stereocenters. The number of aromatic nitrogens is 2. The molecule has 1 aromatic carbocycles. The van der Waals surface area contributed by atoms with Crippen molar-refractivity contribution in [1.29, 1.82) is 0 Å². The van der Waals surface area contributed by atoms with Gasteiger partial charge in [-0.2, -0.15) is 0 Å². The van der Waals surface area contributed by atoms with Gasteiger partial charge in [0.15, 0.2) is 4.77 Å². The van der Waals surface area contributed by atoms with Crippen LogP contribution in [0.5, 0.6) is 0 Å². The van der Waals surface area contributed by atoms with Crippen molar-refractivity contribution in [3.63, 3.8) is 0 Å². The van der Waals surface area contributed by atoms with Gasteiger partial charge >= 0.3 is 0 Å². The first-order chi connectivity index (χ1) is 10.3. The van der Waals surface area contributed by atoms with Crippen LogP contribution in [0.15, 0.2) is 36.5 Å². The summed E-state index contributed by atoms with van der Waals surface area (Å²) in [5.74, 6) is 0. The summed E-state index contributed by atoms with van der Waals surface area (Å²) in [6, 6.07) is 10.9. The first kappa shape index (κ1) is 14.5. The molecule has 0 saturated carbocycles. The summed E-state index contributed by atoms with van der Waals surface area (Å²) in [6.45, 7) is 3.11. The van der Waals surface area contributed by atoms with E-state index in [0.29, 0.717) is 10.8 Å². The van der Waals surface area contributed by atoms with E-state index in [1.165, 1.54) is 5.56 Å². The number of aliphatic hydroxyl groups is 1. The Morgan fingerprint density at radius 1 is 1.29 bits per heavy atom. The Hall–Kier alpha value is -1.43. The van der Waals surface area contributed by atoms with Crippen molar-refractivity contribution >= 4 is 12.2 Å². The van der Waals surface area contributed by atoms with E-state index >= 15 is 0 Å². The molecule has 2 N–H and O–H groups in total. The topological polar surface area (TPSA) is 44.2 Å². The Balaban J connectivity index is 1.74. The summed E-state index contributed by atoms with van der Waals surface area (Å²) >= 11 is 5.37. The van der Waals surface area contributed by atoms with E-state index in [-0.39, 0.29) is 6.61 Å². The summed E-state index contributed by atoms with van der Waals surface area (Å²) < 4.78 is 2.80. The van der Waals surface area contributed by atoms with Gasteiger partial charge in [-0.05, 0) is 37.2 Å². The highest BCUT2D eigenvalue weighted by molar-refractivity contribution is 7.71. The van der Waals surface area contributed by atoms with Crippen LogP contribution in [0.1, 0.15) is 30.1 Å². The number of hydrogen-bond donors (Lipinski definition) is 2. The van der Waals surface area contributed by atoms with Gasteiger partial charge in [0.1, 0.15) is 0 Å². The molecular weight excluding hydrogens is 282 g/mol. The third kappa shape index (κ3) is 3.26. The minimum absolute atomic E-state index is 0.0301. The Labute approximate surface area is 130 Å². The normalized spacial score (nSPS) is 19.8. The average Bonchev–Trinajstić information content (AvgIpc) is 2.89. The Kier molecular flexibility index (Phi) is 4.53. The minimum Gasteiger partial charge on any atom is -0.390 e. The van der Waals surface area contributed by atoms with Crippen LogP contribution in [0, 0.1) is 4.77 Å². The monoisotopic (exact) mass is 303 g/mol. The number of likely N-dealkylation sites (tertiary alicyclic amines) is 1. The third-order valence-corrected chi connectivity index (χ3v) is 4.46. The van der Waals surface area contributed by atoms with Crippen molar-refractivity contribution in [3.05, 3.63) is 52.6 Å². The molecule has 1 atom stereocenters. The van der Waals surface area contributed by atoms with Crippen molar-refractivity contribution < 1.29 is 5.11 Å². The highest BCUT2D eigenvalue weighted by Crippen LogP contribution is 2.24. The number of benzene rings is 1. The van der Waals surface area contributed by atoms with Crippen LogP contribution in [0.3, 0.4) is 0 Å². The molecule has 0 spiro atoms. The fourth-order valence-corrected chi connectivity index (χ4v) is 3.49. The Morgan fingerprint density at radius 2 is 2.10 bits per heavy atom. The molecule has 5 heteroatoms. The van der Waals surface area contributed by atoms with Gasteiger partial charge < -0.3 is 14.7 Å². The second kappa shape index (κ2) is 6.56. The van der Waals surface area contributed by atoms with Crippen LogP contribution in [0.25, 0.3) is 0 Å². The number of nitrogens with zero attached hydrogens (tertiary/aromatic N) is 2. The number of H-pyrrole nitrogens is 1. The molecule has 0 aliphatic carbocycles. The zero-order chi connectivity index (χ0) is 14.7. The number of rotatable bonds is 4. The highest BCUT2D eigenvalue weighted by Gasteiger charge is 2.23. The zero-order valence-electron chi connectivity index (χ0n) is 12.0. The lowest BCUT2D eigenvalue weighted by Crippen LogP contribution is -2.36. The number of imidazole rings is 1. The molecule has 112 valence electrons. The van der Waals surface area contributed by atoms with Crippen molar-refractivity contribution in [2.75, 3.05) is 13.1 Å². The van der Waals surface area contributed by atoms with Crippen molar-refractivity contribution in [2.24, 2.45) is 0 Å². The smallest absolute Gasteiger partial charge is 0.177 e. The van der Waals surface area contributed by atoms with E-state index < -0.39 is 0 Å². The highest BCUT2D eigenvalue weighted by atomic mass is 32.1. The summed E-state index contributed by atoms with van der Waals surface area (Å²) in [5, 5.41) is 9.46. The van der Waals surface area contributed by atoms with Gasteiger partial charge in [-0.3, -0.25) is 4.90 Å². The molecule has 2 heterocycles. The van der Waals surface area contributed by atoms with Crippen LogP contribution >= 0.6 is 12.2 Å². The van der Waals surface area contributed by atoms with E-state index in [0.717, 1.165) is 38.2 Å². The molecule has 2 aromatic rings. The molecule has 1 aliphatic rings. The first-order valence-corrected chi connectivity index (χ1v) is 7.84. The van der Waals surface area contributed by atoms with E-state index in [1.807, 2.05) is 6.20 Å². The summed E-state index contributed by atoms with van der Waals surface area (Å²) in [7, 11) is 0. The van der Waals surface area contributed by atoms with Crippen LogP contribution in [0.4, 0.5) is 0 Å². The first-order valence-electron chi connectivity index (χ1n) is 7.44. The van der Waals surface area contributed by atoms with E-state index in [9.17, 15) is 5.11 Å². The maximum absolute atomic E-state index is 9.46. The van der Waals surface area contributed by atoms with Crippen LogP contribution in [0.2, 0.25) is 0 Å². The lowest BCUT2D eigenvalue weighted by Gasteiger charge is -2.34. The zero-order valence-corrected chi connectivity index (χ0v) is 12.9. The second-order valence-electron chi connectivity index (χ2n) is 5.63. The third-order valence-electron chi connectivity index (χ3n) is 4.15. The van der Waals surface area contributed by atoms with Crippen molar-refractivity contribution in [2.45, 2.75) is 32.0 Å². The molecule has 1 aliphatic heterocycles. The van der Waals surface area contributed by atoms with Gasteiger partial charge in [-0.15, -0.1) is 0 Å². The molecule has 1 aromatic heterocycles. The maximum Gasteiger partial charge on any atom is 0.177 e. The number of hydrogen-bond acceptors (Lipinski definition) is 3. The fraction of sp³-hybridized carbons (Fsp3) is 0.438. The molecule has 0 amide bonds. The summed E-state index contributed by atoms with van der Waals surface area (Å²) in [4.78, 5) is 5.52.